The number of anilines is 1. The van der Waals surface area contributed by atoms with Gasteiger partial charge in [-0.3, -0.25) is 4.79 Å². The minimum Gasteiger partial charge on any atom is -0.335 e. The van der Waals surface area contributed by atoms with Crippen LogP contribution in [-0.2, 0) is 11.3 Å². The Morgan fingerprint density at radius 3 is 2.65 bits per heavy atom. The molecule has 0 atom stereocenters. The number of carbonyl (C=O) groups excluding carboxylic acids is 1. The van der Waals surface area contributed by atoms with Crippen molar-refractivity contribution in [3.05, 3.63) is 70.3 Å². The monoisotopic (exact) mass is 403 g/mol. The maximum Gasteiger partial charge on any atom is 0.266 e. The Morgan fingerprint density at radius 1 is 1.23 bits per heavy atom. The lowest BCUT2D eigenvalue weighted by atomic mass is 10.1. The molecule has 3 rings (SSSR count). The molecule has 0 aliphatic carbocycles. The first kappa shape index (κ1) is 17.5. The molecule has 0 radical (unpaired) electrons. The Hall–Kier alpha value is -3.28. The summed E-state index contributed by atoms with van der Waals surface area (Å²) in [7, 11) is 0. The van der Waals surface area contributed by atoms with Crippen LogP contribution in [0.2, 0.25) is 0 Å². The molecule has 3 aromatic rings. The van der Waals surface area contributed by atoms with Gasteiger partial charge in [0, 0.05) is 32.8 Å². The summed E-state index contributed by atoms with van der Waals surface area (Å²) in [6.07, 6.45) is 8.87. The highest BCUT2D eigenvalue weighted by Gasteiger charge is 2.12. The van der Waals surface area contributed by atoms with E-state index in [0.717, 1.165) is 20.9 Å². The van der Waals surface area contributed by atoms with E-state index in [0.29, 0.717) is 12.2 Å². The number of hydrogen-bond donors (Lipinski definition) is 1. The van der Waals surface area contributed by atoms with Gasteiger partial charge < -0.3 is 9.88 Å². The normalized spacial score (nSPS) is 11.0. The highest BCUT2D eigenvalue weighted by Crippen LogP contribution is 2.24. The van der Waals surface area contributed by atoms with Crippen LogP contribution in [-0.4, -0.2) is 10.5 Å². The van der Waals surface area contributed by atoms with Crippen molar-refractivity contribution in [2.45, 2.75) is 6.54 Å². The van der Waals surface area contributed by atoms with Crippen molar-refractivity contribution in [3.8, 4) is 18.4 Å². The van der Waals surface area contributed by atoms with Crippen molar-refractivity contribution in [1.29, 1.82) is 5.26 Å². The van der Waals surface area contributed by atoms with Crippen molar-refractivity contribution in [2.24, 2.45) is 0 Å². The summed E-state index contributed by atoms with van der Waals surface area (Å²) in [6.45, 7) is 0.418. The Bertz CT molecular complexity index is 1080. The predicted molar refractivity (Wildman–Crippen MR) is 107 cm³/mol. The van der Waals surface area contributed by atoms with Gasteiger partial charge in [0.25, 0.3) is 5.91 Å². The van der Waals surface area contributed by atoms with Crippen molar-refractivity contribution in [3.63, 3.8) is 0 Å². The lowest BCUT2D eigenvalue weighted by Gasteiger charge is -2.04. The predicted octanol–water partition coefficient (Wildman–Crippen LogP) is 4.58. The summed E-state index contributed by atoms with van der Waals surface area (Å²) in [4.78, 5) is 12.4. The zero-order chi connectivity index (χ0) is 18.5. The molecule has 4 nitrogen and oxygen atoms in total. The van der Waals surface area contributed by atoms with Crippen LogP contribution in [0.5, 0.6) is 0 Å². The first-order valence-corrected chi connectivity index (χ1v) is 8.61. The topological polar surface area (TPSA) is 57.8 Å². The molecule has 0 spiro atoms. The van der Waals surface area contributed by atoms with Gasteiger partial charge in [0.15, 0.2) is 0 Å². The number of hydrogen-bond acceptors (Lipinski definition) is 2. The number of rotatable bonds is 4. The summed E-state index contributed by atoms with van der Waals surface area (Å²) in [5, 5.41) is 13.1. The van der Waals surface area contributed by atoms with Crippen LogP contribution in [0.1, 0.15) is 5.56 Å². The van der Waals surface area contributed by atoms with E-state index in [1.54, 1.807) is 18.2 Å². The van der Waals surface area contributed by atoms with Crippen LogP contribution in [0.3, 0.4) is 0 Å². The number of nitrogens with zero attached hydrogens (tertiary/aromatic N) is 2. The van der Waals surface area contributed by atoms with E-state index in [9.17, 15) is 10.1 Å². The van der Waals surface area contributed by atoms with E-state index in [2.05, 4.69) is 27.2 Å². The molecule has 126 valence electrons. The van der Waals surface area contributed by atoms with Gasteiger partial charge in [-0.05, 0) is 36.4 Å². The van der Waals surface area contributed by atoms with Crippen LogP contribution in [0.4, 0.5) is 5.69 Å². The smallest absolute Gasteiger partial charge is 0.266 e. The number of fused-ring (bicyclic) bond motifs is 1. The minimum absolute atomic E-state index is 0.0246. The van der Waals surface area contributed by atoms with Gasteiger partial charge in [-0.15, -0.1) is 6.42 Å². The molecule has 2 aromatic carbocycles. The van der Waals surface area contributed by atoms with Crippen LogP contribution in [0, 0.1) is 23.7 Å². The van der Waals surface area contributed by atoms with Crippen LogP contribution < -0.4 is 5.32 Å². The Balaban J connectivity index is 1.95. The SMILES string of the molecule is C#CCn1cc(/C=C(\C#N)C(=O)Nc2ccc(Br)cc2)c2ccccc21. The van der Waals surface area contributed by atoms with E-state index in [-0.39, 0.29) is 5.57 Å². The van der Waals surface area contributed by atoms with Crippen LogP contribution >= 0.6 is 15.9 Å². The van der Waals surface area contributed by atoms with Gasteiger partial charge in [-0.2, -0.15) is 5.26 Å². The average Bonchev–Trinajstić information content (AvgIpc) is 2.99. The third-order valence-corrected chi connectivity index (χ3v) is 4.38. The third kappa shape index (κ3) is 3.69. The number of nitrogens with one attached hydrogen (secondary N) is 1. The van der Waals surface area contributed by atoms with Crippen molar-refractivity contribution in [2.75, 3.05) is 5.32 Å². The molecule has 1 N–H and O–H groups in total. The maximum absolute atomic E-state index is 12.4. The molecule has 0 saturated heterocycles. The number of aromatic nitrogens is 1. The summed E-state index contributed by atoms with van der Waals surface area (Å²) >= 11 is 3.34. The second-order valence-electron chi connectivity index (χ2n) is 5.56. The summed E-state index contributed by atoms with van der Waals surface area (Å²) in [6, 6.07) is 16.9. The second-order valence-corrected chi connectivity index (χ2v) is 6.48. The van der Waals surface area contributed by atoms with Crippen molar-refractivity contribution < 1.29 is 4.79 Å². The molecule has 0 unspecified atom stereocenters. The Morgan fingerprint density at radius 2 is 1.96 bits per heavy atom. The number of carbonyl (C=O) groups is 1. The fraction of sp³-hybridized carbons (Fsp3) is 0.0476. The first-order valence-electron chi connectivity index (χ1n) is 7.82. The van der Waals surface area contributed by atoms with Crippen LogP contribution in [0.25, 0.3) is 17.0 Å². The zero-order valence-electron chi connectivity index (χ0n) is 13.7. The largest absolute Gasteiger partial charge is 0.335 e. The highest BCUT2D eigenvalue weighted by atomic mass is 79.9. The van der Waals surface area contributed by atoms with Gasteiger partial charge in [0.2, 0.25) is 0 Å². The molecular weight excluding hydrogens is 390 g/mol. The van der Waals surface area contributed by atoms with Crippen LogP contribution in [0.15, 0.2) is 64.8 Å². The van der Waals surface area contributed by atoms with Crippen molar-refractivity contribution >= 4 is 44.5 Å². The standard InChI is InChI=1S/C21H14BrN3O/c1-2-11-25-14-16(19-5-3-4-6-20(19)25)12-15(13-23)21(26)24-18-9-7-17(22)8-10-18/h1,3-10,12,14H,11H2,(H,24,26)/b15-12+. The van der Waals surface area contributed by atoms with E-state index in [4.69, 9.17) is 6.42 Å². The van der Waals surface area contributed by atoms with Crippen molar-refractivity contribution in [1.82, 2.24) is 4.57 Å². The molecule has 0 saturated carbocycles. The number of para-hydroxylation sites is 1. The van der Waals surface area contributed by atoms with E-state index in [1.807, 2.05) is 53.2 Å². The van der Waals surface area contributed by atoms with Gasteiger partial charge in [0.05, 0.1) is 6.54 Å². The first-order chi connectivity index (χ1) is 12.6. The summed E-state index contributed by atoms with van der Waals surface area (Å²) in [5.41, 5.74) is 2.38. The van der Waals surface area contributed by atoms with E-state index in [1.165, 1.54) is 0 Å². The third-order valence-electron chi connectivity index (χ3n) is 3.85. The fourth-order valence-corrected chi connectivity index (χ4v) is 2.92. The number of amides is 1. The second kappa shape index (κ2) is 7.74. The zero-order valence-corrected chi connectivity index (χ0v) is 15.3. The number of nitriles is 1. The lowest BCUT2D eigenvalue weighted by molar-refractivity contribution is -0.112. The number of halogens is 1. The minimum atomic E-state index is -0.455. The van der Waals surface area contributed by atoms with Gasteiger partial charge >= 0.3 is 0 Å². The quantitative estimate of drug-likeness (QED) is 0.393. The molecule has 26 heavy (non-hydrogen) atoms. The maximum atomic E-state index is 12.4. The number of benzene rings is 2. The van der Waals surface area contributed by atoms with Gasteiger partial charge in [-0.25, -0.2) is 0 Å². The molecule has 1 amide bonds. The summed E-state index contributed by atoms with van der Waals surface area (Å²) in [5.74, 6) is 2.16. The molecule has 0 aliphatic rings. The molecule has 0 aliphatic heterocycles. The average molecular weight is 404 g/mol. The van der Waals surface area contributed by atoms with Gasteiger partial charge in [-0.1, -0.05) is 40.0 Å². The Labute approximate surface area is 159 Å². The molecule has 0 fully saturated rings. The fourth-order valence-electron chi connectivity index (χ4n) is 2.66. The molecule has 0 bridgehead atoms. The summed E-state index contributed by atoms with van der Waals surface area (Å²) < 4.78 is 2.83. The Kier molecular flexibility index (Phi) is 5.22. The number of terminal acetylenes is 1. The highest BCUT2D eigenvalue weighted by molar-refractivity contribution is 9.10. The molecule has 1 heterocycles. The van der Waals surface area contributed by atoms with E-state index < -0.39 is 5.91 Å². The van der Waals surface area contributed by atoms with Gasteiger partial charge in [0.1, 0.15) is 11.6 Å². The molecule has 1 aromatic heterocycles. The molecule has 5 heteroatoms. The van der Waals surface area contributed by atoms with E-state index >= 15 is 0 Å². The lowest BCUT2D eigenvalue weighted by Crippen LogP contribution is -2.13. The molecular formula is C21H14BrN3O.